The van der Waals surface area contributed by atoms with Crippen LogP contribution in [-0.4, -0.2) is 22.7 Å². The first-order chi connectivity index (χ1) is 10.2. The highest BCUT2D eigenvalue weighted by molar-refractivity contribution is 5.71. The minimum Gasteiger partial charge on any atom is -0.460 e. The van der Waals surface area contributed by atoms with E-state index in [1.807, 2.05) is 30.3 Å². The smallest absolute Gasteiger partial charge is 0.320 e. The van der Waals surface area contributed by atoms with E-state index in [0.717, 1.165) is 18.4 Å². The van der Waals surface area contributed by atoms with Crippen molar-refractivity contribution in [2.24, 2.45) is 0 Å². The fraction of sp³-hybridized carbons (Fsp3) is 0.400. The number of hydrogen-bond acceptors (Lipinski definition) is 6. The summed E-state index contributed by atoms with van der Waals surface area (Å²) in [5, 5.41) is 11.0. The molecule has 1 aliphatic carbocycles. The van der Waals surface area contributed by atoms with Crippen LogP contribution in [0.15, 0.2) is 34.7 Å². The first kappa shape index (κ1) is 13.8. The van der Waals surface area contributed by atoms with Gasteiger partial charge in [-0.2, -0.15) is 0 Å². The Labute approximate surface area is 122 Å². The third-order valence-corrected chi connectivity index (χ3v) is 3.50. The third-order valence-electron chi connectivity index (χ3n) is 3.50. The SMILES string of the molecule is Cc1nnc(C2(NCC(=O)OCc3ccccc3)CC2)o1. The molecule has 1 saturated carbocycles. The molecule has 2 aromatic rings. The largest absolute Gasteiger partial charge is 0.460 e. The second kappa shape index (κ2) is 5.65. The van der Waals surface area contributed by atoms with Crippen LogP contribution in [0.3, 0.4) is 0 Å². The molecule has 1 N–H and O–H groups in total. The lowest BCUT2D eigenvalue weighted by atomic mass is 10.2. The summed E-state index contributed by atoms with van der Waals surface area (Å²) < 4.78 is 10.7. The van der Waals surface area contributed by atoms with E-state index in [9.17, 15) is 4.79 Å². The second-order valence-corrected chi connectivity index (χ2v) is 5.21. The van der Waals surface area contributed by atoms with E-state index >= 15 is 0 Å². The van der Waals surface area contributed by atoms with Crippen molar-refractivity contribution >= 4 is 5.97 Å². The van der Waals surface area contributed by atoms with Crippen LogP contribution in [0.25, 0.3) is 0 Å². The number of carbonyl (C=O) groups is 1. The molecular weight excluding hydrogens is 270 g/mol. The van der Waals surface area contributed by atoms with Gasteiger partial charge in [0.15, 0.2) is 0 Å². The minimum absolute atomic E-state index is 0.133. The van der Waals surface area contributed by atoms with Crippen LogP contribution < -0.4 is 5.32 Å². The summed E-state index contributed by atoms with van der Waals surface area (Å²) in [6.07, 6.45) is 1.78. The zero-order chi connectivity index (χ0) is 14.7. The summed E-state index contributed by atoms with van der Waals surface area (Å²) >= 11 is 0. The molecule has 0 aliphatic heterocycles. The zero-order valence-corrected chi connectivity index (χ0v) is 11.8. The Balaban J connectivity index is 1.48. The van der Waals surface area contributed by atoms with Gasteiger partial charge in [-0.3, -0.25) is 10.1 Å². The maximum absolute atomic E-state index is 11.8. The number of benzene rings is 1. The van der Waals surface area contributed by atoms with Crippen LogP contribution in [-0.2, 0) is 21.7 Å². The Morgan fingerprint density at radius 1 is 1.33 bits per heavy atom. The van der Waals surface area contributed by atoms with Gasteiger partial charge in [0.2, 0.25) is 11.8 Å². The number of carbonyl (C=O) groups excluding carboxylic acids is 1. The van der Waals surface area contributed by atoms with Crippen molar-refractivity contribution in [3.05, 3.63) is 47.7 Å². The van der Waals surface area contributed by atoms with E-state index < -0.39 is 0 Å². The van der Waals surface area contributed by atoms with Crippen molar-refractivity contribution in [1.29, 1.82) is 0 Å². The summed E-state index contributed by atoms with van der Waals surface area (Å²) in [6, 6.07) is 9.60. The van der Waals surface area contributed by atoms with Gasteiger partial charge in [-0.1, -0.05) is 30.3 Å². The normalized spacial score (nSPS) is 15.7. The minimum atomic E-state index is -0.340. The maximum atomic E-state index is 11.8. The number of nitrogens with one attached hydrogen (secondary N) is 1. The van der Waals surface area contributed by atoms with E-state index in [4.69, 9.17) is 9.15 Å². The molecular formula is C15H17N3O3. The van der Waals surface area contributed by atoms with Gasteiger partial charge in [0, 0.05) is 6.92 Å². The van der Waals surface area contributed by atoms with Gasteiger partial charge in [0.25, 0.3) is 0 Å². The molecule has 0 radical (unpaired) electrons. The van der Waals surface area contributed by atoms with Gasteiger partial charge in [0.05, 0.1) is 12.1 Å². The number of nitrogens with zero attached hydrogens (tertiary/aromatic N) is 2. The molecule has 6 nitrogen and oxygen atoms in total. The van der Waals surface area contributed by atoms with Crippen LogP contribution in [0.2, 0.25) is 0 Å². The third kappa shape index (κ3) is 3.28. The lowest BCUT2D eigenvalue weighted by molar-refractivity contribution is -0.144. The van der Waals surface area contributed by atoms with E-state index in [-0.39, 0.29) is 24.7 Å². The van der Waals surface area contributed by atoms with Crippen LogP contribution >= 0.6 is 0 Å². The molecule has 0 atom stereocenters. The molecule has 3 rings (SSSR count). The first-order valence-electron chi connectivity index (χ1n) is 6.93. The molecule has 0 bridgehead atoms. The molecule has 0 spiro atoms. The molecule has 0 unspecified atom stereocenters. The topological polar surface area (TPSA) is 77.2 Å². The number of aromatic nitrogens is 2. The van der Waals surface area contributed by atoms with Crippen LogP contribution in [0.4, 0.5) is 0 Å². The van der Waals surface area contributed by atoms with E-state index in [2.05, 4.69) is 15.5 Å². The van der Waals surface area contributed by atoms with Crippen molar-refractivity contribution in [2.45, 2.75) is 31.9 Å². The summed E-state index contributed by atoms with van der Waals surface area (Å²) in [6.45, 7) is 2.17. The Morgan fingerprint density at radius 3 is 2.71 bits per heavy atom. The van der Waals surface area contributed by atoms with Gasteiger partial charge < -0.3 is 9.15 Å². The molecule has 0 saturated heterocycles. The molecule has 1 aromatic heterocycles. The van der Waals surface area contributed by atoms with Crippen LogP contribution in [0.5, 0.6) is 0 Å². The van der Waals surface area contributed by atoms with Crippen molar-refractivity contribution in [3.8, 4) is 0 Å². The number of hydrogen-bond donors (Lipinski definition) is 1. The van der Waals surface area contributed by atoms with Crippen LogP contribution in [0.1, 0.15) is 30.2 Å². The van der Waals surface area contributed by atoms with E-state index in [1.165, 1.54) is 0 Å². The average Bonchev–Trinajstić information content (AvgIpc) is 3.18. The molecule has 1 heterocycles. The summed E-state index contributed by atoms with van der Waals surface area (Å²) in [7, 11) is 0. The lowest BCUT2D eigenvalue weighted by Gasteiger charge is -2.12. The fourth-order valence-electron chi connectivity index (χ4n) is 2.11. The highest BCUT2D eigenvalue weighted by Crippen LogP contribution is 2.44. The molecule has 1 fully saturated rings. The van der Waals surface area contributed by atoms with Gasteiger partial charge in [-0.05, 0) is 18.4 Å². The Morgan fingerprint density at radius 2 is 2.10 bits per heavy atom. The van der Waals surface area contributed by atoms with Crippen molar-refractivity contribution in [2.75, 3.05) is 6.54 Å². The molecule has 0 amide bonds. The van der Waals surface area contributed by atoms with Gasteiger partial charge in [-0.15, -0.1) is 10.2 Å². The Bertz CT molecular complexity index is 620. The predicted octanol–water partition coefficient (Wildman–Crippen LogP) is 1.70. The number of ether oxygens (including phenoxy) is 1. The Hall–Kier alpha value is -2.21. The van der Waals surface area contributed by atoms with Gasteiger partial charge in [0.1, 0.15) is 6.61 Å². The summed E-state index contributed by atoms with van der Waals surface area (Å²) in [5.74, 6) is 0.793. The molecule has 6 heteroatoms. The monoisotopic (exact) mass is 287 g/mol. The van der Waals surface area contributed by atoms with Crippen LogP contribution in [0, 0.1) is 6.92 Å². The van der Waals surface area contributed by atoms with Crippen molar-refractivity contribution in [1.82, 2.24) is 15.5 Å². The van der Waals surface area contributed by atoms with Gasteiger partial charge in [-0.25, -0.2) is 0 Å². The Kier molecular flexibility index (Phi) is 3.70. The zero-order valence-electron chi connectivity index (χ0n) is 11.8. The predicted molar refractivity (Wildman–Crippen MR) is 74.2 cm³/mol. The molecule has 21 heavy (non-hydrogen) atoms. The first-order valence-corrected chi connectivity index (χ1v) is 6.93. The number of rotatable bonds is 6. The van der Waals surface area contributed by atoms with E-state index in [1.54, 1.807) is 6.92 Å². The molecule has 1 aromatic carbocycles. The lowest BCUT2D eigenvalue weighted by Crippen LogP contribution is -2.34. The highest BCUT2D eigenvalue weighted by atomic mass is 16.5. The van der Waals surface area contributed by atoms with Crippen molar-refractivity contribution < 1.29 is 13.9 Å². The number of esters is 1. The standard InChI is InChI=1S/C15H17N3O3/c1-11-17-18-14(21-11)15(7-8-15)16-9-13(19)20-10-12-5-3-2-4-6-12/h2-6,16H,7-10H2,1H3. The maximum Gasteiger partial charge on any atom is 0.320 e. The second-order valence-electron chi connectivity index (χ2n) is 5.21. The van der Waals surface area contributed by atoms with Crippen molar-refractivity contribution in [3.63, 3.8) is 0 Å². The molecule has 1 aliphatic rings. The highest BCUT2D eigenvalue weighted by Gasteiger charge is 2.49. The summed E-state index contributed by atoms with van der Waals surface area (Å²) in [5.41, 5.74) is 0.632. The quantitative estimate of drug-likeness (QED) is 0.815. The summed E-state index contributed by atoms with van der Waals surface area (Å²) in [4.78, 5) is 11.8. The van der Waals surface area contributed by atoms with Gasteiger partial charge >= 0.3 is 5.97 Å². The molecule has 110 valence electrons. The fourth-order valence-corrected chi connectivity index (χ4v) is 2.11. The number of aryl methyl sites for hydroxylation is 1. The van der Waals surface area contributed by atoms with E-state index in [0.29, 0.717) is 11.8 Å². The average molecular weight is 287 g/mol.